The number of morpholine rings is 1. The Labute approximate surface area is 205 Å². The number of guanidine groups is 1. The zero-order chi connectivity index (χ0) is 21.2. The van der Waals surface area contributed by atoms with Crippen LogP contribution >= 0.6 is 24.0 Å². The van der Waals surface area contributed by atoms with Crippen LogP contribution in [0.15, 0.2) is 29.3 Å². The minimum atomic E-state index is 0. The van der Waals surface area contributed by atoms with E-state index in [4.69, 9.17) is 9.47 Å². The van der Waals surface area contributed by atoms with Gasteiger partial charge in [0.2, 0.25) is 0 Å². The molecule has 0 spiro atoms. The highest BCUT2D eigenvalue weighted by Crippen LogP contribution is 2.23. The van der Waals surface area contributed by atoms with Crippen molar-refractivity contribution in [2.24, 2.45) is 10.9 Å². The lowest BCUT2D eigenvalue weighted by atomic mass is 10.0. The van der Waals surface area contributed by atoms with E-state index in [1.807, 2.05) is 19.2 Å². The molecule has 2 fully saturated rings. The van der Waals surface area contributed by atoms with Gasteiger partial charge in [0.25, 0.3) is 0 Å². The van der Waals surface area contributed by atoms with Crippen molar-refractivity contribution in [2.45, 2.75) is 25.8 Å². The van der Waals surface area contributed by atoms with Gasteiger partial charge in [-0.1, -0.05) is 19.1 Å². The Morgan fingerprint density at radius 3 is 2.58 bits per heavy atom. The van der Waals surface area contributed by atoms with Crippen LogP contribution in [0, 0.1) is 5.92 Å². The number of nitrogens with zero attached hydrogens (tertiary/aromatic N) is 3. The van der Waals surface area contributed by atoms with E-state index in [2.05, 4.69) is 44.5 Å². The highest BCUT2D eigenvalue weighted by Gasteiger charge is 2.23. The van der Waals surface area contributed by atoms with Crippen molar-refractivity contribution < 1.29 is 9.47 Å². The van der Waals surface area contributed by atoms with Crippen LogP contribution in [-0.2, 0) is 4.74 Å². The van der Waals surface area contributed by atoms with Gasteiger partial charge in [-0.05, 0) is 43.0 Å². The molecule has 0 radical (unpaired) electrons. The summed E-state index contributed by atoms with van der Waals surface area (Å²) in [7, 11) is 3.55. The highest BCUT2D eigenvalue weighted by atomic mass is 127. The van der Waals surface area contributed by atoms with E-state index >= 15 is 0 Å². The van der Waals surface area contributed by atoms with Gasteiger partial charge in [-0.3, -0.25) is 9.89 Å². The first-order valence-corrected chi connectivity index (χ1v) is 11.3. The van der Waals surface area contributed by atoms with E-state index in [1.165, 1.54) is 31.5 Å². The van der Waals surface area contributed by atoms with Crippen molar-refractivity contribution in [3.8, 4) is 5.75 Å². The molecule has 0 saturated carbocycles. The zero-order valence-electron chi connectivity index (χ0n) is 19.3. The molecule has 0 aromatic heterocycles. The standard InChI is InChI=1S/C23H39N5O2.HI/c1-19-5-4-11-27(18-19)12-10-25-23(24-2)26-17-22(28-13-15-30-16-14-28)20-6-8-21(29-3)9-7-20;/h6-9,19,22H,4-5,10-18H2,1-3H3,(H2,24,25,26);1H. The fourth-order valence-electron chi connectivity index (χ4n) is 4.41. The Hall–Kier alpha value is -1.10. The average Bonchev–Trinajstić information content (AvgIpc) is 2.79. The van der Waals surface area contributed by atoms with Gasteiger partial charge in [0.05, 0.1) is 26.4 Å². The monoisotopic (exact) mass is 545 g/mol. The molecular formula is C23H40IN5O2. The normalized spacial score (nSPS) is 21.8. The fraction of sp³-hybridized carbons (Fsp3) is 0.696. The topological polar surface area (TPSA) is 61.4 Å². The van der Waals surface area contributed by atoms with Gasteiger partial charge < -0.3 is 25.0 Å². The van der Waals surface area contributed by atoms with Crippen LogP contribution in [0.1, 0.15) is 31.4 Å². The zero-order valence-corrected chi connectivity index (χ0v) is 21.6. The van der Waals surface area contributed by atoms with Crippen molar-refractivity contribution >= 4 is 29.9 Å². The van der Waals surface area contributed by atoms with Gasteiger partial charge in [-0.25, -0.2) is 0 Å². The summed E-state index contributed by atoms with van der Waals surface area (Å²) < 4.78 is 10.9. The molecule has 2 aliphatic rings. The Morgan fingerprint density at radius 2 is 1.94 bits per heavy atom. The van der Waals surface area contributed by atoms with Gasteiger partial charge in [0, 0.05) is 46.3 Å². The number of ether oxygens (including phenoxy) is 2. The van der Waals surface area contributed by atoms with Crippen LogP contribution in [0.4, 0.5) is 0 Å². The minimum Gasteiger partial charge on any atom is -0.497 e. The number of piperidine rings is 1. The molecule has 2 N–H and O–H groups in total. The van der Waals surface area contributed by atoms with E-state index in [1.54, 1.807) is 7.11 Å². The summed E-state index contributed by atoms with van der Waals surface area (Å²) in [5, 5.41) is 7.04. The Morgan fingerprint density at radius 1 is 1.19 bits per heavy atom. The van der Waals surface area contributed by atoms with Gasteiger partial charge in [0.1, 0.15) is 5.75 Å². The molecule has 0 bridgehead atoms. The lowest BCUT2D eigenvalue weighted by molar-refractivity contribution is 0.0170. The molecule has 2 aliphatic heterocycles. The van der Waals surface area contributed by atoms with Crippen molar-refractivity contribution in [1.82, 2.24) is 20.4 Å². The summed E-state index contributed by atoms with van der Waals surface area (Å²) >= 11 is 0. The largest absolute Gasteiger partial charge is 0.497 e. The summed E-state index contributed by atoms with van der Waals surface area (Å²) in [6.07, 6.45) is 2.68. The first-order chi connectivity index (χ1) is 14.7. The van der Waals surface area contributed by atoms with E-state index in [0.717, 1.165) is 63.6 Å². The maximum absolute atomic E-state index is 5.56. The van der Waals surface area contributed by atoms with Crippen molar-refractivity contribution in [3.63, 3.8) is 0 Å². The number of rotatable bonds is 8. The molecule has 1 aromatic rings. The van der Waals surface area contributed by atoms with Crippen LogP contribution in [0.25, 0.3) is 0 Å². The number of likely N-dealkylation sites (tertiary alicyclic amines) is 1. The lowest BCUT2D eigenvalue weighted by Crippen LogP contribution is -2.47. The second-order valence-electron chi connectivity index (χ2n) is 8.37. The first-order valence-electron chi connectivity index (χ1n) is 11.3. The number of halogens is 1. The number of aliphatic imine (C=N–C) groups is 1. The third kappa shape index (κ3) is 8.40. The molecule has 2 unspecified atom stereocenters. The second kappa shape index (κ2) is 14.1. The van der Waals surface area contributed by atoms with Gasteiger partial charge in [-0.2, -0.15) is 0 Å². The predicted octanol–water partition coefficient (Wildman–Crippen LogP) is 2.58. The van der Waals surface area contributed by atoms with E-state index in [-0.39, 0.29) is 30.0 Å². The molecule has 2 saturated heterocycles. The molecule has 31 heavy (non-hydrogen) atoms. The molecule has 2 atom stereocenters. The van der Waals surface area contributed by atoms with Crippen LogP contribution < -0.4 is 15.4 Å². The summed E-state index contributed by atoms with van der Waals surface area (Å²) in [6, 6.07) is 8.66. The molecule has 8 heteroatoms. The van der Waals surface area contributed by atoms with Crippen molar-refractivity contribution in [2.75, 3.05) is 73.2 Å². The number of methoxy groups -OCH3 is 1. The summed E-state index contributed by atoms with van der Waals surface area (Å²) in [6.45, 7) is 11.0. The minimum absolute atomic E-state index is 0. The number of hydrogen-bond acceptors (Lipinski definition) is 5. The molecular weight excluding hydrogens is 505 g/mol. The second-order valence-corrected chi connectivity index (χ2v) is 8.37. The van der Waals surface area contributed by atoms with Crippen molar-refractivity contribution in [1.29, 1.82) is 0 Å². The van der Waals surface area contributed by atoms with Crippen molar-refractivity contribution in [3.05, 3.63) is 29.8 Å². The number of hydrogen-bond donors (Lipinski definition) is 2. The summed E-state index contributed by atoms with van der Waals surface area (Å²) in [5.74, 6) is 2.57. The third-order valence-corrected chi connectivity index (χ3v) is 6.14. The van der Waals surface area contributed by atoms with Crippen LogP contribution in [-0.4, -0.2) is 88.9 Å². The Bertz CT molecular complexity index is 652. The molecule has 0 aliphatic carbocycles. The predicted molar refractivity (Wildman–Crippen MR) is 138 cm³/mol. The fourth-order valence-corrected chi connectivity index (χ4v) is 4.41. The average molecular weight is 546 g/mol. The summed E-state index contributed by atoms with van der Waals surface area (Å²) in [4.78, 5) is 9.48. The third-order valence-electron chi connectivity index (χ3n) is 6.14. The van der Waals surface area contributed by atoms with E-state index in [9.17, 15) is 0 Å². The molecule has 1 aromatic carbocycles. The van der Waals surface area contributed by atoms with E-state index in [0.29, 0.717) is 0 Å². The molecule has 2 heterocycles. The molecule has 0 amide bonds. The summed E-state index contributed by atoms with van der Waals surface area (Å²) in [5.41, 5.74) is 1.28. The highest BCUT2D eigenvalue weighted by molar-refractivity contribution is 14.0. The number of benzene rings is 1. The molecule has 3 rings (SSSR count). The first kappa shape index (κ1) is 26.2. The lowest BCUT2D eigenvalue weighted by Gasteiger charge is -2.35. The number of nitrogens with one attached hydrogen (secondary N) is 2. The maximum atomic E-state index is 5.56. The van der Waals surface area contributed by atoms with Crippen LogP contribution in [0.3, 0.4) is 0 Å². The molecule has 176 valence electrons. The van der Waals surface area contributed by atoms with Gasteiger partial charge in [0.15, 0.2) is 5.96 Å². The maximum Gasteiger partial charge on any atom is 0.191 e. The molecule has 7 nitrogen and oxygen atoms in total. The smallest absolute Gasteiger partial charge is 0.191 e. The van der Waals surface area contributed by atoms with Crippen LogP contribution in [0.5, 0.6) is 5.75 Å². The Kier molecular flexibility index (Phi) is 11.9. The van der Waals surface area contributed by atoms with Gasteiger partial charge in [-0.15, -0.1) is 24.0 Å². The van der Waals surface area contributed by atoms with E-state index < -0.39 is 0 Å². The Balaban J connectivity index is 0.00000341. The van der Waals surface area contributed by atoms with Gasteiger partial charge >= 0.3 is 0 Å². The SMILES string of the molecule is CN=C(NCCN1CCCC(C)C1)NCC(c1ccc(OC)cc1)N1CCOCC1.I. The van der Waals surface area contributed by atoms with Crippen LogP contribution in [0.2, 0.25) is 0 Å². The quantitative estimate of drug-likeness (QED) is 0.298.